The van der Waals surface area contributed by atoms with E-state index in [1.807, 2.05) is 42.5 Å². The molecule has 0 aliphatic carbocycles. The molecule has 4 N–H and O–H groups in total. The van der Waals surface area contributed by atoms with Crippen molar-refractivity contribution in [2.75, 3.05) is 17.8 Å². The highest BCUT2D eigenvalue weighted by atomic mass is 16.7. The van der Waals surface area contributed by atoms with Crippen molar-refractivity contribution in [2.24, 2.45) is 0 Å². The van der Waals surface area contributed by atoms with Crippen LogP contribution in [0.1, 0.15) is 29.0 Å². The minimum absolute atomic E-state index is 0.0146. The number of hydrogen-bond donors (Lipinski definition) is 3. The quantitative estimate of drug-likeness (QED) is 0.443. The number of nitrogens with one attached hydrogen (secondary N) is 1. The summed E-state index contributed by atoms with van der Waals surface area (Å²) in [6, 6.07) is 20.3. The number of allylic oxidation sites excluding steroid dienone is 1. The smallest absolute Gasteiger partial charge is 0.290 e. The molecule has 180 valence electrons. The van der Waals surface area contributed by atoms with E-state index >= 15 is 0 Å². The molecule has 0 bridgehead atoms. The summed E-state index contributed by atoms with van der Waals surface area (Å²) in [5.74, 6) is 0.972. The normalized spacial score (nSPS) is 18.5. The fourth-order valence-electron chi connectivity index (χ4n) is 4.02. The van der Waals surface area contributed by atoms with Crippen LogP contribution in [0.2, 0.25) is 0 Å². The fraction of sp³-hybridized carbons (Fsp3) is 0.222. The number of carbonyl (C=O) groups is 1. The molecule has 2 atom stereocenters. The Bertz CT molecular complexity index is 1240. The maximum Gasteiger partial charge on any atom is 0.290 e. The molecule has 8 heteroatoms. The van der Waals surface area contributed by atoms with Crippen LogP contribution in [0.15, 0.2) is 78.6 Å². The van der Waals surface area contributed by atoms with Crippen molar-refractivity contribution in [3.05, 3.63) is 95.3 Å². The highest BCUT2D eigenvalue weighted by Gasteiger charge is 2.30. The predicted molar refractivity (Wildman–Crippen MR) is 130 cm³/mol. The second-order valence-corrected chi connectivity index (χ2v) is 8.36. The van der Waals surface area contributed by atoms with Gasteiger partial charge >= 0.3 is 0 Å². The second kappa shape index (κ2) is 10.1. The standard InChI is InChI=1S/C27H26N2O6/c28-21-3-1-2-4-22(21)29-27(31)25-12-20(19-9-10-23-24(11-19)34-16-33-23)13-26(35-25)32-15-18-7-5-17(14-30)6-8-18/h1-12,20,26,30H,13-16,28H2,(H,29,31)/t20-,26+/m0/s1. The van der Waals surface area contributed by atoms with E-state index in [1.54, 1.807) is 30.3 Å². The summed E-state index contributed by atoms with van der Waals surface area (Å²) in [7, 11) is 0. The minimum Gasteiger partial charge on any atom is -0.459 e. The van der Waals surface area contributed by atoms with E-state index < -0.39 is 12.2 Å². The van der Waals surface area contributed by atoms with E-state index in [0.29, 0.717) is 35.9 Å². The summed E-state index contributed by atoms with van der Waals surface area (Å²) in [6.45, 7) is 0.472. The van der Waals surface area contributed by atoms with Gasteiger partial charge < -0.3 is 35.1 Å². The van der Waals surface area contributed by atoms with Crippen molar-refractivity contribution in [1.29, 1.82) is 0 Å². The Balaban J connectivity index is 1.36. The SMILES string of the molecule is Nc1ccccc1NC(=O)C1=C[C@H](c2ccc3c(c2)OCO3)C[C@H](OCc2ccc(CO)cc2)O1. The third kappa shape index (κ3) is 5.24. The molecule has 1 amide bonds. The lowest BCUT2D eigenvalue weighted by Gasteiger charge is -2.29. The van der Waals surface area contributed by atoms with Gasteiger partial charge in [-0.3, -0.25) is 4.79 Å². The van der Waals surface area contributed by atoms with Crippen molar-refractivity contribution < 1.29 is 28.8 Å². The molecule has 8 nitrogen and oxygen atoms in total. The van der Waals surface area contributed by atoms with E-state index in [9.17, 15) is 9.90 Å². The largest absolute Gasteiger partial charge is 0.459 e. The lowest BCUT2D eigenvalue weighted by Crippen LogP contribution is -2.29. The minimum atomic E-state index is -0.651. The van der Waals surface area contributed by atoms with Gasteiger partial charge in [0.25, 0.3) is 5.91 Å². The second-order valence-electron chi connectivity index (χ2n) is 8.36. The molecule has 3 aromatic rings. The monoisotopic (exact) mass is 474 g/mol. The number of amides is 1. The third-order valence-electron chi connectivity index (χ3n) is 5.96. The van der Waals surface area contributed by atoms with Crippen LogP contribution in [0, 0.1) is 0 Å². The lowest BCUT2D eigenvalue weighted by molar-refractivity contribution is -0.147. The number of anilines is 2. The Labute approximate surface area is 202 Å². The first-order chi connectivity index (χ1) is 17.1. The van der Waals surface area contributed by atoms with Gasteiger partial charge in [-0.2, -0.15) is 0 Å². The summed E-state index contributed by atoms with van der Waals surface area (Å²) in [5.41, 5.74) is 9.68. The number of ether oxygens (including phenoxy) is 4. The highest BCUT2D eigenvalue weighted by Crippen LogP contribution is 2.38. The van der Waals surface area contributed by atoms with Crippen LogP contribution in [-0.4, -0.2) is 24.1 Å². The van der Waals surface area contributed by atoms with E-state index in [0.717, 1.165) is 16.7 Å². The zero-order valence-corrected chi connectivity index (χ0v) is 19.0. The Hall–Kier alpha value is -4.01. The number of aliphatic hydroxyl groups is 1. The number of aliphatic hydroxyl groups excluding tert-OH is 1. The molecule has 2 heterocycles. The number of nitrogen functional groups attached to an aromatic ring is 1. The zero-order valence-electron chi connectivity index (χ0n) is 19.0. The first-order valence-electron chi connectivity index (χ1n) is 11.3. The van der Waals surface area contributed by atoms with Crippen LogP contribution >= 0.6 is 0 Å². The molecule has 0 unspecified atom stereocenters. The molecule has 0 saturated carbocycles. The number of fused-ring (bicyclic) bond motifs is 1. The Morgan fingerprint density at radius 3 is 2.60 bits per heavy atom. The topological polar surface area (TPSA) is 112 Å². The van der Waals surface area contributed by atoms with E-state index in [1.165, 1.54) is 0 Å². The first-order valence-corrected chi connectivity index (χ1v) is 11.3. The number of hydrogen-bond acceptors (Lipinski definition) is 7. The molecule has 2 aliphatic heterocycles. The van der Waals surface area contributed by atoms with Crippen molar-refractivity contribution in [3.8, 4) is 11.5 Å². The van der Waals surface area contributed by atoms with Gasteiger partial charge in [-0.05, 0) is 47.0 Å². The third-order valence-corrected chi connectivity index (χ3v) is 5.96. The Kier molecular flexibility index (Phi) is 6.56. The van der Waals surface area contributed by atoms with Gasteiger partial charge in [0.2, 0.25) is 13.1 Å². The van der Waals surface area contributed by atoms with Crippen molar-refractivity contribution >= 4 is 17.3 Å². The maximum atomic E-state index is 13.1. The van der Waals surface area contributed by atoms with Crippen LogP contribution in [-0.2, 0) is 27.5 Å². The van der Waals surface area contributed by atoms with E-state index in [2.05, 4.69) is 5.32 Å². The number of benzene rings is 3. The van der Waals surface area contributed by atoms with Gasteiger partial charge in [0.1, 0.15) is 0 Å². The summed E-state index contributed by atoms with van der Waals surface area (Å²) in [5, 5.41) is 12.1. The molecule has 35 heavy (non-hydrogen) atoms. The number of nitrogens with two attached hydrogens (primary N) is 1. The summed E-state index contributed by atoms with van der Waals surface area (Å²) < 4.78 is 23.0. The highest BCUT2D eigenvalue weighted by molar-refractivity contribution is 6.04. The van der Waals surface area contributed by atoms with Crippen molar-refractivity contribution in [1.82, 2.24) is 0 Å². The number of para-hydroxylation sites is 2. The first kappa shape index (κ1) is 22.8. The van der Waals surface area contributed by atoms with Crippen molar-refractivity contribution in [3.63, 3.8) is 0 Å². The van der Waals surface area contributed by atoms with Gasteiger partial charge in [-0.1, -0.05) is 42.5 Å². The summed E-state index contributed by atoms with van der Waals surface area (Å²) in [6.07, 6.45) is 1.65. The summed E-state index contributed by atoms with van der Waals surface area (Å²) >= 11 is 0. The molecule has 0 fully saturated rings. The molecular weight excluding hydrogens is 448 g/mol. The van der Waals surface area contributed by atoms with E-state index in [4.69, 9.17) is 24.7 Å². The molecule has 0 saturated heterocycles. The molecule has 2 aliphatic rings. The van der Waals surface area contributed by atoms with Gasteiger partial charge in [-0.15, -0.1) is 0 Å². The van der Waals surface area contributed by atoms with Gasteiger partial charge in [-0.25, -0.2) is 0 Å². The van der Waals surface area contributed by atoms with Crippen LogP contribution in [0.25, 0.3) is 0 Å². The van der Waals surface area contributed by atoms with Crippen LogP contribution < -0.4 is 20.5 Å². The molecule has 0 aromatic heterocycles. The maximum absolute atomic E-state index is 13.1. The number of rotatable bonds is 7. The Morgan fingerprint density at radius 2 is 1.80 bits per heavy atom. The Morgan fingerprint density at radius 1 is 1.03 bits per heavy atom. The van der Waals surface area contributed by atoms with Crippen LogP contribution in [0.4, 0.5) is 11.4 Å². The van der Waals surface area contributed by atoms with Crippen molar-refractivity contribution in [2.45, 2.75) is 31.8 Å². The van der Waals surface area contributed by atoms with E-state index in [-0.39, 0.29) is 25.1 Å². The van der Waals surface area contributed by atoms with Gasteiger partial charge in [0, 0.05) is 12.3 Å². The molecule has 0 radical (unpaired) electrons. The lowest BCUT2D eigenvalue weighted by atomic mass is 9.92. The fourth-order valence-corrected chi connectivity index (χ4v) is 4.02. The van der Waals surface area contributed by atoms with Crippen LogP contribution in [0.5, 0.6) is 11.5 Å². The average molecular weight is 475 g/mol. The zero-order chi connectivity index (χ0) is 24.2. The molecule has 3 aromatic carbocycles. The van der Waals surface area contributed by atoms with Crippen LogP contribution in [0.3, 0.4) is 0 Å². The summed E-state index contributed by atoms with van der Waals surface area (Å²) in [4.78, 5) is 13.1. The van der Waals surface area contributed by atoms with Gasteiger partial charge in [0.05, 0.1) is 24.6 Å². The number of carbonyl (C=O) groups excluding carboxylic acids is 1. The van der Waals surface area contributed by atoms with Gasteiger partial charge in [0.15, 0.2) is 17.3 Å². The predicted octanol–water partition coefficient (Wildman–Crippen LogP) is 4.06. The average Bonchev–Trinajstić information content (AvgIpc) is 3.37. The molecule has 0 spiro atoms. The molecular formula is C27H26N2O6. The molecule has 5 rings (SSSR count).